The van der Waals surface area contributed by atoms with Crippen molar-refractivity contribution in [2.24, 2.45) is 5.92 Å². The summed E-state index contributed by atoms with van der Waals surface area (Å²) in [6.45, 7) is 0. The predicted molar refractivity (Wildman–Crippen MR) is 59.4 cm³/mol. The number of aliphatic carboxylic acids is 1. The van der Waals surface area contributed by atoms with E-state index in [4.69, 9.17) is 9.84 Å². The molecule has 0 fully saturated rings. The summed E-state index contributed by atoms with van der Waals surface area (Å²) in [5, 5.41) is 8.86. The van der Waals surface area contributed by atoms with Crippen LogP contribution in [0.4, 0.5) is 13.2 Å². The standard InChI is InChI=1S/C11H8BrF3O3/c12-6-2-1-5-3-7(10(16)17)9(11(13,14)15)18-8(5)4-6/h1-2,4,7,9H,3H2,(H,16,17)/t7-,9-/m1/s1. The third kappa shape index (κ3) is 2.45. The van der Waals surface area contributed by atoms with Gasteiger partial charge in [0.1, 0.15) is 11.7 Å². The molecular weight excluding hydrogens is 317 g/mol. The molecule has 2 atom stereocenters. The number of hydrogen-bond acceptors (Lipinski definition) is 2. The van der Waals surface area contributed by atoms with Crippen molar-refractivity contribution in [3.8, 4) is 5.75 Å². The van der Waals surface area contributed by atoms with Crippen LogP contribution in [0.2, 0.25) is 0 Å². The van der Waals surface area contributed by atoms with Crippen LogP contribution in [0.3, 0.4) is 0 Å². The van der Waals surface area contributed by atoms with Crippen molar-refractivity contribution >= 4 is 21.9 Å². The van der Waals surface area contributed by atoms with Gasteiger partial charge >= 0.3 is 12.1 Å². The van der Waals surface area contributed by atoms with Crippen LogP contribution in [0.25, 0.3) is 0 Å². The summed E-state index contributed by atoms with van der Waals surface area (Å²) in [5.74, 6) is -3.05. The Hall–Kier alpha value is -1.24. The smallest absolute Gasteiger partial charge is 0.426 e. The van der Waals surface area contributed by atoms with Gasteiger partial charge in [0.2, 0.25) is 6.10 Å². The molecule has 0 amide bonds. The van der Waals surface area contributed by atoms with Crippen molar-refractivity contribution in [2.75, 3.05) is 0 Å². The average Bonchev–Trinajstić information content (AvgIpc) is 2.25. The first-order valence-electron chi connectivity index (χ1n) is 5.03. The first-order chi connectivity index (χ1) is 8.29. The van der Waals surface area contributed by atoms with Crippen LogP contribution in [0.5, 0.6) is 5.75 Å². The third-order valence-corrected chi connectivity index (χ3v) is 3.22. The molecule has 0 saturated carbocycles. The Morgan fingerprint density at radius 1 is 1.44 bits per heavy atom. The highest BCUT2D eigenvalue weighted by molar-refractivity contribution is 9.10. The first kappa shape index (κ1) is 13.2. The van der Waals surface area contributed by atoms with Crippen molar-refractivity contribution < 1.29 is 27.8 Å². The number of benzene rings is 1. The average molecular weight is 325 g/mol. The quantitative estimate of drug-likeness (QED) is 0.863. The molecule has 0 unspecified atom stereocenters. The van der Waals surface area contributed by atoms with Gasteiger partial charge in [-0.05, 0) is 24.1 Å². The molecule has 1 aromatic rings. The van der Waals surface area contributed by atoms with Crippen LogP contribution in [-0.2, 0) is 11.2 Å². The van der Waals surface area contributed by atoms with Crippen LogP contribution in [0.1, 0.15) is 5.56 Å². The maximum absolute atomic E-state index is 12.7. The van der Waals surface area contributed by atoms with Crippen LogP contribution < -0.4 is 4.74 Å². The molecule has 7 heteroatoms. The van der Waals surface area contributed by atoms with Gasteiger partial charge in [-0.15, -0.1) is 0 Å². The monoisotopic (exact) mass is 324 g/mol. The lowest BCUT2D eigenvalue weighted by Crippen LogP contribution is -2.47. The van der Waals surface area contributed by atoms with Gasteiger partial charge in [0, 0.05) is 4.47 Å². The Balaban J connectivity index is 2.41. The van der Waals surface area contributed by atoms with E-state index in [2.05, 4.69) is 15.9 Å². The summed E-state index contributed by atoms with van der Waals surface area (Å²) in [4.78, 5) is 10.9. The largest absolute Gasteiger partial charge is 0.481 e. The van der Waals surface area contributed by atoms with Crippen molar-refractivity contribution in [1.82, 2.24) is 0 Å². The van der Waals surface area contributed by atoms with E-state index in [0.29, 0.717) is 10.0 Å². The Morgan fingerprint density at radius 3 is 2.67 bits per heavy atom. The second-order valence-electron chi connectivity index (χ2n) is 3.98. The zero-order chi connectivity index (χ0) is 13.5. The number of carboxylic acids is 1. The lowest BCUT2D eigenvalue weighted by molar-refractivity contribution is -0.217. The zero-order valence-electron chi connectivity index (χ0n) is 8.87. The highest BCUT2D eigenvalue weighted by Gasteiger charge is 2.52. The molecule has 98 valence electrons. The van der Waals surface area contributed by atoms with E-state index >= 15 is 0 Å². The molecule has 0 aromatic heterocycles. The number of halogens is 4. The highest BCUT2D eigenvalue weighted by atomic mass is 79.9. The topological polar surface area (TPSA) is 46.5 Å². The van der Waals surface area contributed by atoms with Crippen molar-refractivity contribution in [3.05, 3.63) is 28.2 Å². The fourth-order valence-corrected chi connectivity index (χ4v) is 2.22. The minimum Gasteiger partial charge on any atom is -0.481 e. The molecule has 1 aliphatic heterocycles. The Kier molecular flexibility index (Phi) is 3.27. The molecule has 18 heavy (non-hydrogen) atoms. The van der Waals surface area contributed by atoms with Crippen LogP contribution in [-0.4, -0.2) is 23.4 Å². The number of carboxylic acid groups (broad SMARTS) is 1. The summed E-state index contributed by atoms with van der Waals surface area (Å²) in [6.07, 6.45) is -7.21. The van der Waals surface area contributed by atoms with Crippen LogP contribution in [0, 0.1) is 5.92 Å². The third-order valence-electron chi connectivity index (χ3n) is 2.73. The second kappa shape index (κ2) is 4.46. The number of fused-ring (bicyclic) bond motifs is 1. The van der Waals surface area contributed by atoms with E-state index in [1.165, 1.54) is 6.07 Å². The Morgan fingerprint density at radius 2 is 2.11 bits per heavy atom. The van der Waals surface area contributed by atoms with Gasteiger partial charge in [-0.25, -0.2) is 0 Å². The summed E-state index contributed by atoms with van der Waals surface area (Å²) < 4.78 is 43.6. The van der Waals surface area contributed by atoms with Crippen molar-refractivity contribution in [3.63, 3.8) is 0 Å². The number of alkyl halides is 3. The molecule has 1 aliphatic rings. The molecule has 3 nitrogen and oxygen atoms in total. The summed E-state index contributed by atoms with van der Waals surface area (Å²) in [5.41, 5.74) is 0.464. The zero-order valence-corrected chi connectivity index (χ0v) is 10.5. The summed E-state index contributed by atoms with van der Waals surface area (Å²) in [7, 11) is 0. The van der Waals surface area contributed by atoms with Gasteiger partial charge < -0.3 is 9.84 Å². The molecule has 2 rings (SSSR count). The minimum atomic E-state index is -4.71. The first-order valence-corrected chi connectivity index (χ1v) is 5.83. The maximum atomic E-state index is 12.7. The number of carbonyl (C=O) groups is 1. The van der Waals surface area contributed by atoms with Gasteiger partial charge in [-0.3, -0.25) is 4.79 Å². The van der Waals surface area contributed by atoms with Gasteiger partial charge in [0.15, 0.2) is 0 Å². The Bertz CT molecular complexity index is 487. The van der Waals surface area contributed by atoms with Gasteiger partial charge in [0.25, 0.3) is 0 Å². The lowest BCUT2D eigenvalue weighted by Gasteiger charge is -2.32. The van der Waals surface area contributed by atoms with E-state index in [1.54, 1.807) is 12.1 Å². The molecule has 0 radical (unpaired) electrons. The van der Waals surface area contributed by atoms with E-state index in [1.807, 2.05) is 0 Å². The lowest BCUT2D eigenvalue weighted by atomic mass is 9.90. The molecular formula is C11H8BrF3O3. The minimum absolute atomic E-state index is 0.0733. The predicted octanol–water partition coefficient (Wildman–Crippen LogP) is 3.02. The van der Waals surface area contributed by atoms with E-state index < -0.39 is 24.2 Å². The molecule has 0 aliphatic carbocycles. The fraction of sp³-hybridized carbons (Fsp3) is 0.364. The second-order valence-corrected chi connectivity index (χ2v) is 4.90. The van der Waals surface area contributed by atoms with Crippen LogP contribution >= 0.6 is 15.9 Å². The van der Waals surface area contributed by atoms with E-state index in [9.17, 15) is 18.0 Å². The van der Waals surface area contributed by atoms with Gasteiger partial charge in [0.05, 0.1) is 0 Å². The van der Waals surface area contributed by atoms with Gasteiger partial charge in [-0.1, -0.05) is 22.0 Å². The molecule has 0 spiro atoms. The summed E-state index contributed by atoms with van der Waals surface area (Å²) >= 11 is 3.13. The van der Waals surface area contributed by atoms with Crippen molar-refractivity contribution in [2.45, 2.75) is 18.7 Å². The normalized spacial score (nSPS) is 23.1. The van der Waals surface area contributed by atoms with E-state index in [-0.39, 0.29) is 12.2 Å². The molecule has 1 N–H and O–H groups in total. The SMILES string of the molecule is O=C(O)[C@@H]1Cc2ccc(Br)cc2O[C@H]1C(F)(F)F. The van der Waals surface area contributed by atoms with Gasteiger partial charge in [-0.2, -0.15) is 13.2 Å². The number of rotatable bonds is 1. The highest BCUT2D eigenvalue weighted by Crippen LogP contribution is 2.39. The maximum Gasteiger partial charge on any atom is 0.426 e. The molecule has 0 bridgehead atoms. The molecule has 1 heterocycles. The molecule has 1 aromatic carbocycles. The fourth-order valence-electron chi connectivity index (χ4n) is 1.88. The number of ether oxygens (including phenoxy) is 1. The van der Waals surface area contributed by atoms with E-state index in [0.717, 1.165) is 0 Å². The Labute approximate surface area is 109 Å². The van der Waals surface area contributed by atoms with Crippen LogP contribution in [0.15, 0.2) is 22.7 Å². The van der Waals surface area contributed by atoms with Crippen molar-refractivity contribution in [1.29, 1.82) is 0 Å². The summed E-state index contributed by atoms with van der Waals surface area (Å²) in [6, 6.07) is 4.60. The molecule has 0 saturated heterocycles. The number of hydrogen-bond donors (Lipinski definition) is 1.